The van der Waals surface area contributed by atoms with Gasteiger partial charge in [-0.25, -0.2) is 4.68 Å². The molecular formula is C14H19N3O2S. The number of carbonyl (C=O) groups excluding carboxylic acids is 1. The summed E-state index contributed by atoms with van der Waals surface area (Å²) in [4.78, 5) is 12.3. The number of nitrogens with one attached hydrogen (secondary N) is 1. The van der Waals surface area contributed by atoms with E-state index < -0.39 is 0 Å². The summed E-state index contributed by atoms with van der Waals surface area (Å²) >= 11 is 1.66. The van der Waals surface area contributed by atoms with E-state index >= 15 is 0 Å². The van der Waals surface area contributed by atoms with Gasteiger partial charge >= 0.3 is 0 Å². The lowest BCUT2D eigenvalue weighted by Gasteiger charge is -2.11. The number of hydrogen-bond donors (Lipinski definition) is 1. The molecule has 0 bridgehead atoms. The summed E-state index contributed by atoms with van der Waals surface area (Å²) in [6, 6.07) is 2.08. The van der Waals surface area contributed by atoms with Crippen molar-refractivity contribution in [3.63, 3.8) is 0 Å². The summed E-state index contributed by atoms with van der Waals surface area (Å²) in [7, 11) is 3.30. The van der Waals surface area contributed by atoms with Crippen LogP contribution in [0.1, 0.15) is 34.5 Å². The van der Waals surface area contributed by atoms with Gasteiger partial charge in [-0.3, -0.25) is 4.79 Å². The van der Waals surface area contributed by atoms with Crippen LogP contribution in [-0.4, -0.2) is 29.3 Å². The van der Waals surface area contributed by atoms with E-state index in [0.717, 1.165) is 0 Å². The number of ether oxygens (including phenoxy) is 1. The van der Waals surface area contributed by atoms with Gasteiger partial charge < -0.3 is 10.1 Å². The van der Waals surface area contributed by atoms with E-state index in [1.54, 1.807) is 37.1 Å². The van der Waals surface area contributed by atoms with Crippen molar-refractivity contribution >= 4 is 17.2 Å². The minimum absolute atomic E-state index is 0.144. The first-order valence-electron chi connectivity index (χ1n) is 6.42. The number of thiophene rings is 1. The first kappa shape index (κ1) is 14.6. The van der Waals surface area contributed by atoms with E-state index in [4.69, 9.17) is 4.74 Å². The van der Waals surface area contributed by atoms with E-state index in [-0.39, 0.29) is 11.8 Å². The van der Waals surface area contributed by atoms with Crippen LogP contribution in [0.25, 0.3) is 0 Å². The topological polar surface area (TPSA) is 56.1 Å². The van der Waals surface area contributed by atoms with Crippen molar-refractivity contribution in [2.45, 2.75) is 19.8 Å². The fourth-order valence-corrected chi connectivity index (χ4v) is 2.92. The van der Waals surface area contributed by atoms with Crippen LogP contribution >= 0.6 is 11.3 Å². The van der Waals surface area contributed by atoms with Gasteiger partial charge in [0.05, 0.1) is 12.8 Å². The maximum Gasteiger partial charge on any atom is 0.258 e. The maximum absolute atomic E-state index is 12.3. The zero-order valence-electron chi connectivity index (χ0n) is 12.1. The average molecular weight is 293 g/mol. The maximum atomic E-state index is 12.3. The van der Waals surface area contributed by atoms with Crippen LogP contribution < -0.4 is 10.1 Å². The van der Waals surface area contributed by atoms with Gasteiger partial charge in [0, 0.05) is 13.6 Å². The molecule has 0 radical (unpaired) electrons. The Labute approximate surface area is 122 Å². The molecule has 0 aromatic carbocycles. The number of aryl methyl sites for hydroxylation is 2. The van der Waals surface area contributed by atoms with Crippen LogP contribution in [0.3, 0.4) is 0 Å². The van der Waals surface area contributed by atoms with E-state index in [1.165, 1.54) is 5.56 Å². The van der Waals surface area contributed by atoms with Crippen LogP contribution in [0.15, 0.2) is 16.8 Å². The molecule has 0 aliphatic rings. The van der Waals surface area contributed by atoms with Crippen LogP contribution in [-0.2, 0) is 7.05 Å². The van der Waals surface area contributed by atoms with Crippen molar-refractivity contribution < 1.29 is 9.53 Å². The molecule has 1 atom stereocenters. The Kier molecular flexibility index (Phi) is 4.44. The molecule has 0 saturated heterocycles. The summed E-state index contributed by atoms with van der Waals surface area (Å²) in [5.74, 6) is 0.630. The van der Waals surface area contributed by atoms with Gasteiger partial charge in [0.2, 0.25) is 5.88 Å². The first-order valence-corrected chi connectivity index (χ1v) is 7.36. The standard InChI is InChI=1S/C14H19N3O2S/c1-9(11-5-6-20-8-11)7-15-13(18)12-10(2)16-17(3)14(12)19-4/h5-6,8-9H,7H2,1-4H3,(H,15,18). The molecule has 5 nitrogen and oxygen atoms in total. The fraction of sp³-hybridized carbons (Fsp3) is 0.429. The highest BCUT2D eigenvalue weighted by atomic mass is 32.1. The molecule has 2 aromatic rings. The molecule has 0 aliphatic carbocycles. The molecule has 0 spiro atoms. The average Bonchev–Trinajstić information content (AvgIpc) is 3.03. The minimum atomic E-state index is -0.144. The quantitative estimate of drug-likeness (QED) is 0.920. The van der Waals surface area contributed by atoms with Crippen molar-refractivity contribution in [1.82, 2.24) is 15.1 Å². The van der Waals surface area contributed by atoms with Gasteiger partial charge in [-0.2, -0.15) is 16.4 Å². The molecular weight excluding hydrogens is 274 g/mol. The van der Waals surface area contributed by atoms with Crippen LogP contribution in [0.4, 0.5) is 0 Å². The molecule has 0 saturated carbocycles. The number of amides is 1. The second kappa shape index (κ2) is 6.09. The molecule has 2 rings (SSSR count). The van der Waals surface area contributed by atoms with E-state index in [0.29, 0.717) is 23.7 Å². The van der Waals surface area contributed by atoms with Gasteiger partial charge in [0.15, 0.2) is 0 Å². The third kappa shape index (κ3) is 2.85. The molecule has 108 valence electrons. The van der Waals surface area contributed by atoms with Crippen LogP contribution in [0.5, 0.6) is 5.88 Å². The molecule has 6 heteroatoms. The van der Waals surface area contributed by atoms with Gasteiger partial charge in [0.1, 0.15) is 5.56 Å². The Hall–Kier alpha value is -1.82. The first-order chi connectivity index (χ1) is 9.54. The lowest BCUT2D eigenvalue weighted by Crippen LogP contribution is -2.28. The van der Waals surface area contributed by atoms with Gasteiger partial charge in [-0.05, 0) is 35.2 Å². The summed E-state index contributed by atoms with van der Waals surface area (Å²) in [5, 5.41) is 11.3. The molecule has 1 amide bonds. The summed E-state index contributed by atoms with van der Waals surface area (Å²) in [6.07, 6.45) is 0. The molecule has 2 heterocycles. The monoisotopic (exact) mass is 293 g/mol. The van der Waals surface area contributed by atoms with Gasteiger partial charge in [0.25, 0.3) is 5.91 Å². The SMILES string of the molecule is COc1c(C(=O)NCC(C)c2ccsc2)c(C)nn1C. The van der Waals surface area contributed by atoms with E-state index in [1.807, 2.05) is 5.38 Å². The lowest BCUT2D eigenvalue weighted by molar-refractivity contribution is 0.0947. The van der Waals surface area contributed by atoms with Crippen molar-refractivity contribution in [2.24, 2.45) is 7.05 Å². The second-order valence-electron chi connectivity index (χ2n) is 4.76. The third-order valence-corrected chi connectivity index (χ3v) is 3.97. The van der Waals surface area contributed by atoms with Crippen LogP contribution in [0.2, 0.25) is 0 Å². The Morgan fingerprint density at radius 3 is 2.95 bits per heavy atom. The van der Waals surface area contributed by atoms with Crippen molar-refractivity contribution in [1.29, 1.82) is 0 Å². The molecule has 0 aliphatic heterocycles. The lowest BCUT2D eigenvalue weighted by atomic mass is 10.1. The molecule has 0 fully saturated rings. The summed E-state index contributed by atoms with van der Waals surface area (Å²) < 4.78 is 6.81. The Bertz CT molecular complexity index is 590. The molecule has 20 heavy (non-hydrogen) atoms. The highest BCUT2D eigenvalue weighted by Crippen LogP contribution is 2.21. The van der Waals surface area contributed by atoms with Crippen molar-refractivity contribution in [3.05, 3.63) is 33.6 Å². The highest BCUT2D eigenvalue weighted by Gasteiger charge is 2.21. The summed E-state index contributed by atoms with van der Waals surface area (Å²) in [6.45, 7) is 4.49. The number of hydrogen-bond acceptors (Lipinski definition) is 4. The smallest absolute Gasteiger partial charge is 0.258 e. The van der Waals surface area contributed by atoms with E-state index in [9.17, 15) is 4.79 Å². The number of aromatic nitrogens is 2. The number of carbonyl (C=O) groups is 1. The van der Waals surface area contributed by atoms with Crippen molar-refractivity contribution in [2.75, 3.05) is 13.7 Å². The fourth-order valence-electron chi connectivity index (χ4n) is 2.14. The number of rotatable bonds is 5. The Balaban J connectivity index is 2.06. The van der Waals surface area contributed by atoms with Crippen LogP contribution in [0, 0.1) is 6.92 Å². The number of nitrogens with zero attached hydrogens (tertiary/aromatic N) is 2. The second-order valence-corrected chi connectivity index (χ2v) is 5.54. The predicted octanol–water partition coefficient (Wildman–Crippen LogP) is 2.33. The normalized spacial score (nSPS) is 12.2. The number of methoxy groups -OCH3 is 1. The van der Waals surface area contributed by atoms with Gasteiger partial charge in [-0.15, -0.1) is 0 Å². The van der Waals surface area contributed by atoms with Crippen molar-refractivity contribution in [3.8, 4) is 5.88 Å². The summed E-state index contributed by atoms with van der Waals surface area (Å²) in [5.41, 5.74) is 2.42. The minimum Gasteiger partial charge on any atom is -0.481 e. The Morgan fingerprint density at radius 1 is 1.60 bits per heavy atom. The van der Waals surface area contributed by atoms with Gasteiger partial charge in [-0.1, -0.05) is 6.92 Å². The molecule has 2 aromatic heterocycles. The molecule has 1 unspecified atom stereocenters. The van der Waals surface area contributed by atoms with E-state index in [2.05, 4.69) is 28.8 Å². The molecule has 1 N–H and O–H groups in total. The Morgan fingerprint density at radius 2 is 2.35 bits per heavy atom. The largest absolute Gasteiger partial charge is 0.481 e. The zero-order valence-corrected chi connectivity index (χ0v) is 13.0. The highest BCUT2D eigenvalue weighted by molar-refractivity contribution is 7.07. The zero-order chi connectivity index (χ0) is 14.7. The third-order valence-electron chi connectivity index (χ3n) is 3.27. The predicted molar refractivity (Wildman–Crippen MR) is 79.6 cm³/mol.